The Morgan fingerprint density at radius 3 is 2.19 bits per heavy atom. The Labute approximate surface area is 152 Å². The minimum atomic E-state index is -4.79. The Bertz CT molecular complexity index is 754. The molecule has 0 bridgehead atoms. The van der Waals surface area contributed by atoms with Gasteiger partial charge in [0.15, 0.2) is 6.79 Å². The maximum absolute atomic E-state index is 12.1. The molecule has 27 heavy (non-hydrogen) atoms. The Balaban J connectivity index is 1.48. The largest absolute Gasteiger partial charge is 0.573 e. The van der Waals surface area contributed by atoms with Gasteiger partial charge in [-0.1, -0.05) is 0 Å². The van der Waals surface area contributed by atoms with Gasteiger partial charge in [0.25, 0.3) is 0 Å². The lowest BCUT2D eigenvalue weighted by Crippen LogP contribution is -2.17. The number of hydrogen-bond acceptors (Lipinski definition) is 6. The molecule has 1 atom stereocenters. The monoisotopic (exact) mass is 384 g/mol. The van der Waals surface area contributed by atoms with E-state index in [0.29, 0.717) is 19.0 Å². The van der Waals surface area contributed by atoms with Crippen LogP contribution in [-0.4, -0.2) is 38.4 Å². The van der Waals surface area contributed by atoms with Crippen molar-refractivity contribution in [2.45, 2.75) is 12.5 Å². The first kappa shape index (κ1) is 19.0. The summed E-state index contributed by atoms with van der Waals surface area (Å²) in [5.74, 6) is -0.346. The second-order valence-corrected chi connectivity index (χ2v) is 5.52. The van der Waals surface area contributed by atoms with E-state index in [0.717, 1.165) is 12.1 Å². The zero-order chi connectivity index (χ0) is 19.3. The van der Waals surface area contributed by atoms with Crippen LogP contribution in [0.1, 0.15) is 10.4 Å². The predicted octanol–water partition coefficient (Wildman–Crippen LogP) is 3.56. The molecule has 6 nitrogen and oxygen atoms in total. The van der Waals surface area contributed by atoms with Crippen molar-refractivity contribution in [1.82, 2.24) is 0 Å². The highest BCUT2D eigenvalue weighted by atomic mass is 19.4. The Hall–Kier alpha value is -2.78. The quantitative estimate of drug-likeness (QED) is 0.228. The van der Waals surface area contributed by atoms with Crippen LogP contribution in [0.5, 0.6) is 17.2 Å². The summed E-state index contributed by atoms with van der Waals surface area (Å²) < 4.78 is 60.8. The molecule has 1 aliphatic rings. The van der Waals surface area contributed by atoms with E-state index in [9.17, 15) is 18.0 Å². The highest BCUT2D eigenvalue weighted by Crippen LogP contribution is 2.24. The van der Waals surface area contributed by atoms with Gasteiger partial charge in [0.05, 0.1) is 18.8 Å². The number of carbonyl (C=O) groups excluding carboxylic acids is 1. The zero-order valence-corrected chi connectivity index (χ0v) is 13.9. The van der Waals surface area contributed by atoms with Crippen LogP contribution in [0.4, 0.5) is 13.2 Å². The van der Waals surface area contributed by atoms with Gasteiger partial charge >= 0.3 is 12.3 Å². The Morgan fingerprint density at radius 1 is 1.00 bits per heavy atom. The highest BCUT2D eigenvalue weighted by molar-refractivity contribution is 5.91. The van der Waals surface area contributed by atoms with Crippen LogP contribution in [0.2, 0.25) is 0 Å². The zero-order valence-electron chi connectivity index (χ0n) is 13.9. The summed E-state index contributed by atoms with van der Waals surface area (Å²) in [6.45, 7) is 1.26. The molecular formula is C18H15F3O6. The number of rotatable bonds is 8. The molecule has 1 saturated heterocycles. The van der Waals surface area contributed by atoms with Crippen molar-refractivity contribution in [3.63, 3.8) is 0 Å². The van der Waals surface area contributed by atoms with E-state index in [2.05, 4.69) is 4.74 Å². The third-order valence-electron chi connectivity index (χ3n) is 3.37. The molecule has 0 spiro atoms. The van der Waals surface area contributed by atoms with Gasteiger partial charge < -0.3 is 23.7 Å². The minimum absolute atomic E-state index is 0.0747. The van der Waals surface area contributed by atoms with Crippen LogP contribution in [0, 0.1) is 0 Å². The van der Waals surface area contributed by atoms with Crippen molar-refractivity contribution in [2.24, 2.45) is 0 Å². The van der Waals surface area contributed by atoms with Gasteiger partial charge in [0, 0.05) is 0 Å². The summed E-state index contributed by atoms with van der Waals surface area (Å²) in [6, 6.07) is 10.7. The van der Waals surface area contributed by atoms with Crippen LogP contribution in [0.25, 0.3) is 0 Å². The van der Waals surface area contributed by atoms with E-state index in [1.54, 1.807) is 12.1 Å². The standard InChI is InChI=1S/C18H15F3O6/c19-18(20,21)27-15-3-1-12(2-4-15)17(22)26-14-7-5-13(6-8-14)25-11-23-9-16-10-24-16/h1-8,16H,9-11H2. The second kappa shape index (κ2) is 8.28. The summed E-state index contributed by atoms with van der Waals surface area (Å²) in [7, 11) is 0. The van der Waals surface area contributed by atoms with Crippen molar-refractivity contribution in [1.29, 1.82) is 0 Å². The maximum Gasteiger partial charge on any atom is 0.573 e. The van der Waals surface area contributed by atoms with E-state index >= 15 is 0 Å². The van der Waals surface area contributed by atoms with Gasteiger partial charge in [0.2, 0.25) is 0 Å². The van der Waals surface area contributed by atoms with Crippen molar-refractivity contribution < 1.29 is 41.7 Å². The molecule has 9 heteroatoms. The highest BCUT2D eigenvalue weighted by Gasteiger charge is 2.31. The lowest BCUT2D eigenvalue weighted by molar-refractivity contribution is -0.274. The fraction of sp³-hybridized carbons (Fsp3) is 0.278. The normalized spacial score (nSPS) is 15.9. The molecule has 0 aliphatic carbocycles. The van der Waals surface area contributed by atoms with Gasteiger partial charge in [-0.15, -0.1) is 13.2 Å². The van der Waals surface area contributed by atoms with E-state index in [4.69, 9.17) is 18.9 Å². The molecule has 3 rings (SSSR count). The number of epoxide rings is 1. The van der Waals surface area contributed by atoms with Gasteiger partial charge in [-0.2, -0.15) is 0 Å². The molecule has 1 unspecified atom stereocenters. The number of carbonyl (C=O) groups is 1. The number of alkyl halides is 3. The molecule has 144 valence electrons. The van der Waals surface area contributed by atoms with Crippen LogP contribution >= 0.6 is 0 Å². The van der Waals surface area contributed by atoms with Crippen LogP contribution in [0.15, 0.2) is 48.5 Å². The maximum atomic E-state index is 12.1. The molecule has 1 heterocycles. The molecule has 2 aromatic carbocycles. The van der Waals surface area contributed by atoms with E-state index in [1.165, 1.54) is 24.3 Å². The topological polar surface area (TPSA) is 66.5 Å². The number of benzene rings is 2. The molecule has 0 radical (unpaired) electrons. The summed E-state index contributed by atoms with van der Waals surface area (Å²) >= 11 is 0. The Kier molecular flexibility index (Phi) is 5.82. The van der Waals surface area contributed by atoms with Crippen molar-refractivity contribution in [3.05, 3.63) is 54.1 Å². The molecule has 2 aromatic rings. The Morgan fingerprint density at radius 2 is 1.59 bits per heavy atom. The second-order valence-electron chi connectivity index (χ2n) is 5.52. The first-order valence-electron chi connectivity index (χ1n) is 7.89. The fourth-order valence-corrected chi connectivity index (χ4v) is 2.02. The van der Waals surface area contributed by atoms with Gasteiger partial charge in [-0.3, -0.25) is 0 Å². The number of esters is 1. The predicted molar refractivity (Wildman–Crippen MR) is 85.7 cm³/mol. The fourth-order valence-electron chi connectivity index (χ4n) is 2.02. The third kappa shape index (κ3) is 6.46. The van der Waals surface area contributed by atoms with E-state index in [1.807, 2.05) is 0 Å². The lowest BCUT2D eigenvalue weighted by Gasteiger charge is -2.10. The molecule has 0 saturated carbocycles. The number of halogens is 3. The third-order valence-corrected chi connectivity index (χ3v) is 3.37. The smallest absolute Gasteiger partial charge is 0.468 e. The van der Waals surface area contributed by atoms with Crippen LogP contribution in [-0.2, 0) is 9.47 Å². The molecule has 0 N–H and O–H groups in total. The van der Waals surface area contributed by atoms with E-state index < -0.39 is 18.1 Å². The molecule has 1 aliphatic heterocycles. The number of hydrogen-bond donors (Lipinski definition) is 0. The first-order valence-corrected chi connectivity index (χ1v) is 7.89. The SMILES string of the molecule is O=C(Oc1ccc(OCOCC2CO2)cc1)c1ccc(OC(F)(F)F)cc1. The van der Waals surface area contributed by atoms with Gasteiger partial charge in [-0.25, -0.2) is 4.79 Å². The van der Waals surface area contributed by atoms with Crippen LogP contribution < -0.4 is 14.2 Å². The summed E-state index contributed by atoms with van der Waals surface area (Å²) in [5, 5.41) is 0. The summed E-state index contributed by atoms with van der Waals surface area (Å²) in [5.41, 5.74) is 0.0838. The van der Waals surface area contributed by atoms with Gasteiger partial charge in [-0.05, 0) is 48.5 Å². The average Bonchev–Trinajstić information content (AvgIpc) is 3.44. The summed E-state index contributed by atoms with van der Waals surface area (Å²) in [4.78, 5) is 12.0. The molecule has 0 amide bonds. The van der Waals surface area contributed by atoms with Crippen molar-refractivity contribution in [3.8, 4) is 17.2 Å². The molecule has 1 fully saturated rings. The minimum Gasteiger partial charge on any atom is -0.468 e. The van der Waals surface area contributed by atoms with Crippen molar-refractivity contribution in [2.75, 3.05) is 20.0 Å². The summed E-state index contributed by atoms with van der Waals surface area (Å²) in [6.07, 6.45) is -4.63. The molecule has 0 aromatic heterocycles. The lowest BCUT2D eigenvalue weighted by atomic mass is 10.2. The average molecular weight is 384 g/mol. The van der Waals surface area contributed by atoms with Gasteiger partial charge in [0.1, 0.15) is 23.4 Å². The van der Waals surface area contributed by atoms with Crippen molar-refractivity contribution >= 4 is 5.97 Å². The molecular weight excluding hydrogens is 369 g/mol. The first-order chi connectivity index (χ1) is 12.9. The van der Waals surface area contributed by atoms with E-state index in [-0.39, 0.29) is 24.2 Å². The van der Waals surface area contributed by atoms with Crippen LogP contribution in [0.3, 0.4) is 0 Å². The number of ether oxygens (including phenoxy) is 5.